The van der Waals surface area contributed by atoms with Crippen LogP contribution in [0, 0.1) is 12.7 Å². The zero-order chi connectivity index (χ0) is 14.9. The van der Waals surface area contributed by atoms with Crippen molar-refractivity contribution in [3.8, 4) is 0 Å². The summed E-state index contributed by atoms with van der Waals surface area (Å²) in [4.78, 5) is 22.7. The van der Waals surface area contributed by atoms with E-state index in [-0.39, 0.29) is 11.3 Å². The molecule has 6 nitrogen and oxygen atoms in total. The lowest BCUT2D eigenvalue weighted by Crippen LogP contribution is -2.14. The number of aromatic nitrogens is 2. The van der Waals surface area contributed by atoms with Gasteiger partial charge in [0.2, 0.25) is 0 Å². The lowest BCUT2D eigenvalue weighted by molar-refractivity contribution is 0.0696. The van der Waals surface area contributed by atoms with Crippen molar-refractivity contribution in [2.24, 2.45) is 7.05 Å². The number of carboxylic acids is 1. The van der Waals surface area contributed by atoms with Gasteiger partial charge in [-0.1, -0.05) is 0 Å². The van der Waals surface area contributed by atoms with Crippen LogP contribution >= 0.6 is 0 Å². The average molecular weight is 277 g/mol. The standard InChI is InChI=1S/C13H12FN3O3/c1-7-9(6-17(2)16-7)12(18)15-11-4-3-8(13(19)20)5-10(11)14/h3-6H,1-2H3,(H,15,18)(H,19,20). The third-order valence-electron chi connectivity index (χ3n) is 2.72. The van der Waals surface area contributed by atoms with Gasteiger partial charge in [0.1, 0.15) is 5.82 Å². The second kappa shape index (κ2) is 5.12. The van der Waals surface area contributed by atoms with E-state index in [2.05, 4.69) is 10.4 Å². The van der Waals surface area contributed by atoms with Crippen LogP contribution in [0.4, 0.5) is 10.1 Å². The molecule has 0 radical (unpaired) electrons. The van der Waals surface area contributed by atoms with E-state index in [1.807, 2.05) is 0 Å². The molecule has 0 saturated carbocycles. The number of carboxylic acid groups (broad SMARTS) is 1. The molecule has 1 heterocycles. The minimum Gasteiger partial charge on any atom is -0.478 e. The number of halogens is 1. The number of amides is 1. The molecule has 2 rings (SSSR count). The summed E-state index contributed by atoms with van der Waals surface area (Å²) in [6, 6.07) is 3.29. The minimum absolute atomic E-state index is 0.0803. The van der Waals surface area contributed by atoms with Gasteiger partial charge in [-0.25, -0.2) is 9.18 Å². The molecule has 0 unspecified atom stereocenters. The number of carbonyl (C=O) groups is 2. The van der Waals surface area contributed by atoms with Crippen molar-refractivity contribution in [2.75, 3.05) is 5.32 Å². The van der Waals surface area contributed by atoms with Crippen LogP contribution in [0.25, 0.3) is 0 Å². The van der Waals surface area contributed by atoms with Gasteiger partial charge >= 0.3 is 5.97 Å². The van der Waals surface area contributed by atoms with Crippen LogP contribution in [0.5, 0.6) is 0 Å². The van der Waals surface area contributed by atoms with Gasteiger partial charge in [-0.3, -0.25) is 9.48 Å². The molecule has 2 aromatic rings. The van der Waals surface area contributed by atoms with Crippen LogP contribution in [-0.4, -0.2) is 26.8 Å². The average Bonchev–Trinajstić information content (AvgIpc) is 2.70. The van der Waals surface area contributed by atoms with E-state index in [1.54, 1.807) is 14.0 Å². The van der Waals surface area contributed by atoms with E-state index < -0.39 is 17.7 Å². The van der Waals surface area contributed by atoms with Gasteiger partial charge in [0.25, 0.3) is 5.91 Å². The Labute approximate surface area is 113 Å². The molecule has 0 aliphatic carbocycles. The van der Waals surface area contributed by atoms with Crippen LogP contribution in [0.1, 0.15) is 26.4 Å². The van der Waals surface area contributed by atoms with Crippen LogP contribution in [0.15, 0.2) is 24.4 Å². The Kier molecular flexibility index (Phi) is 3.51. The Morgan fingerprint density at radius 3 is 2.60 bits per heavy atom. The number of nitrogens with one attached hydrogen (secondary N) is 1. The maximum atomic E-state index is 13.7. The fourth-order valence-electron chi connectivity index (χ4n) is 1.76. The third kappa shape index (κ3) is 2.66. The Balaban J connectivity index is 2.24. The van der Waals surface area contributed by atoms with Crippen molar-refractivity contribution < 1.29 is 19.1 Å². The highest BCUT2D eigenvalue weighted by atomic mass is 19.1. The first-order valence-corrected chi connectivity index (χ1v) is 5.73. The van der Waals surface area contributed by atoms with E-state index in [0.29, 0.717) is 11.3 Å². The second-order valence-electron chi connectivity index (χ2n) is 4.26. The van der Waals surface area contributed by atoms with Crippen LogP contribution < -0.4 is 5.32 Å². The summed E-state index contributed by atoms with van der Waals surface area (Å²) in [5.74, 6) is -2.54. The van der Waals surface area contributed by atoms with Gasteiger partial charge in [-0.2, -0.15) is 5.10 Å². The zero-order valence-corrected chi connectivity index (χ0v) is 10.8. The number of benzene rings is 1. The van der Waals surface area contributed by atoms with Gasteiger partial charge in [0.05, 0.1) is 22.5 Å². The van der Waals surface area contributed by atoms with Gasteiger partial charge in [-0.15, -0.1) is 0 Å². The lowest BCUT2D eigenvalue weighted by Gasteiger charge is -2.06. The molecule has 0 atom stereocenters. The molecular weight excluding hydrogens is 265 g/mol. The normalized spacial score (nSPS) is 10.3. The highest BCUT2D eigenvalue weighted by molar-refractivity contribution is 6.05. The molecule has 1 aromatic heterocycles. The summed E-state index contributed by atoms with van der Waals surface area (Å²) in [6.45, 7) is 1.67. The molecule has 0 aliphatic rings. The van der Waals surface area contributed by atoms with Crippen molar-refractivity contribution in [3.05, 3.63) is 47.0 Å². The Morgan fingerprint density at radius 1 is 1.40 bits per heavy atom. The first-order chi connectivity index (χ1) is 9.38. The number of carbonyl (C=O) groups excluding carboxylic acids is 1. The molecular formula is C13H12FN3O3. The number of hydrogen-bond acceptors (Lipinski definition) is 3. The maximum absolute atomic E-state index is 13.7. The fourth-order valence-corrected chi connectivity index (χ4v) is 1.76. The summed E-state index contributed by atoms with van der Waals surface area (Å²) in [6.07, 6.45) is 1.52. The first kappa shape index (κ1) is 13.7. The van der Waals surface area contributed by atoms with Gasteiger partial charge in [0, 0.05) is 13.2 Å². The smallest absolute Gasteiger partial charge is 0.335 e. The molecule has 7 heteroatoms. The summed E-state index contributed by atoms with van der Waals surface area (Å²) >= 11 is 0. The number of aryl methyl sites for hydroxylation is 2. The first-order valence-electron chi connectivity index (χ1n) is 5.73. The molecule has 0 spiro atoms. The van der Waals surface area contributed by atoms with Crippen molar-refractivity contribution in [3.63, 3.8) is 0 Å². The third-order valence-corrected chi connectivity index (χ3v) is 2.72. The molecule has 20 heavy (non-hydrogen) atoms. The van der Waals surface area contributed by atoms with Crippen LogP contribution in [0.2, 0.25) is 0 Å². The molecule has 0 fully saturated rings. The van der Waals surface area contributed by atoms with E-state index in [9.17, 15) is 14.0 Å². The second-order valence-corrected chi connectivity index (χ2v) is 4.26. The van der Waals surface area contributed by atoms with Gasteiger partial charge < -0.3 is 10.4 Å². The van der Waals surface area contributed by atoms with Crippen molar-refractivity contribution >= 4 is 17.6 Å². The predicted octanol–water partition coefficient (Wildman–Crippen LogP) is 1.82. The summed E-state index contributed by atoms with van der Waals surface area (Å²) in [7, 11) is 1.67. The minimum atomic E-state index is -1.23. The molecule has 0 aliphatic heterocycles. The van der Waals surface area contributed by atoms with Crippen LogP contribution in [0.3, 0.4) is 0 Å². The molecule has 1 amide bonds. The number of nitrogens with zero attached hydrogens (tertiary/aromatic N) is 2. The summed E-state index contributed by atoms with van der Waals surface area (Å²) in [5, 5.41) is 15.1. The fraction of sp³-hybridized carbons (Fsp3) is 0.154. The number of aromatic carboxylic acids is 1. The van der Waals surface area contributed by atoms with E-state index in [0.717, 1.165) is 6.07 Å². The number of anilines is 1. The van der Waals surface area contributed by atoms with Crippen molar-refractivity contribution in [1.82, 2.24) is 9.78 Å². The van der Waals surface area contributed by atoms with Crippen molar-refractivity contribution in [1.29, 1.82) is 0 Å². The zero-order valence-electron chi connectivity index (χ0n) is 10.8. The van der Waals surface area contributed by atoms with Crippen LogP contribution in [-0.2, 0) is 7.05 Å². The molecule has 1 aromatic carbocycles. The monoisotopic (exact) mass is 277 g/mol. The SMILES string of the molecule is Cc1nn(C)cc1C(=O)Nc1ccc(C(=O)O)cc1F. The number of hydrogen-bond donors (Lipinski definition) is 2. The van der Waals surface area contributed by atoms with Crippen molar-refractivity contribution in [2.45, 2.75) is 6.92 Å². The highest BCUT2D eigenvalue weighted by Gasteiger charge is 2.15. The lowest BCUT2D eigenvalue weighted by atomic mass is 10.2. The quantitative estimate of drug-likeness (QED) is 0.896. The summed E-state index contributed by atoms with van der Waals surface area (Å²) < 4.78 is 15.2. The van der Waals surface area contributed by atoms with E-state index >= 15 is 0 Å². The number of rotatable bonds is 3. The molecule has 0 saturated heterocycles. The highest BCUT2D eigenvalue weighted by Crippen LogP contribution is 2.17. The molecule has 2 N–H and O–H groups in total. The Morgan fingerprint density at radius 2 is 2.10 bits per heavy atom. The molecule has 0 bridgehead atoms. The topological polar surface area (TPSA) is 84.2 Å². The summed E-state index contributed by atoms with van der Waals surface area (Å²) in [5.41, 5.74) is 0.586. The molecule has 104 valence electrons. The van der Waals surface area contributed by atoms with Gasteiger partial charge in [0.15, 0.2) is 0 Å². The Bertz CT molecular complexity index is 694. The predicted molar refractivity (Wildman–Crippen MR) is 69.3 cm³/mol. The van der Waals surface area contributed by atoms with E-state index in [4.69, 9.17) is 5.11 Å². The van der Waals surface area contributed by atoms with E-state index in [1.165, 1.54) is 23.0 Å². The largest absolute Gasteiger partial charge is 0.478 e. The maximum Gasteiger partial charge on any atom is 0.335 e. The Hall–Kier alpha value is -2.70. The van der Waals surface area contributed by atoms with Gasteiger partial charge in [-0.05, 0) is 25.1 Å².